The van der Waals surface area contributed by atoms with E-state index in [2.05, 4.69) is 16.7 Å². The van der Waals surface area contributed by atoms with Crippen molar-refractivity contribution in [3.8, 4) is 23.0 Å². The predicted octanol–water partition coefficient (Wildman–Crippen LogP) is 5.80. The standard InChI is InChI=1S/C29H25ClN4O6S/c1-4-6-17-8-9-21(23(15-17)36-2)39-11-12-40-25-20(30)14-18(16-24(25)37-3)13-19-26(31)34-29(32-27(19)35)41-28(33-34)22-7-5-10-38-22/h4-5,7-10,13-16,31H,1,6,11-12H2,2-3H3/b19-13-,31-26?. The molecule has 3 heterocycles. The number of ether oxygens (including phenoxy) is 4. The van der Waals surface area contributed by atoms with Crippen LogP contribution in [-0.4, -0.2) is 54.4 Å². The average Bonchev–Trinajstić information content (AvgIpc) is 3.65. The maximum absolute atomic E-state index is 12.8. The van der Waals surface area contributed by atoms with Gasteiger partial charge in [-0.15, -0.1) is 6.58 Å². The van der Waals surface area contributed by atoms with Crippen molar-refractivity contribution in [2.45, 2.75) is 6.42 Å². The fourth-order valence-electron chi connectivity index (χ4n) is 4.04. The molecule has 10 nitrogen and oxygen atoms in total. The Labute approximate surface area is 245 Å². The monoisotopic (exact) mass is 592 g/mol. The molecule has 41 heavy (non-hydrogen) atoms. The molecule has 2 aliphatic heterocycles. The molecule has 0 bridgehead atoms. The van der Waals surface area contributed by atoms with Crippen LogP contribution in [0.1, 0.15) is 16.9 Å². The summed E-state index contributed by atoms with van der Waals surface area (Å²) in [5, 5.41) is 15.3. The third-order valence-electron chi connectivity index (χ3n) is 5.94. The Bertz CT molecular complexity index is 1600. The van der Waals surface area contributed by atoms with Crippen LogP contribution in [0.25, 0.3) is 6.08 Å². The lowest BCUT2D eigenvalue weighted by atomic mass is 10.1. The first kappa shape index (κ1) is 28.1. The van der Waals surface area contributed by atoms with Crippen LogP contribution in [0.4, 0.5) is 0 Å². The highest BCUT2D eigenvalue weighted by Gasteiger charge is 2.36. The van der Waals surface area contributed by atoms with Gasteiger partial charge in [0, 0.05) is 0 Å². The highest BCUT2D eigenvalue weighted by molar-refractivity contribution is 8.27. The molecule has 12 heteroatoms. The Morgan fingerprint density at radius 1 is 1.10 bits per heavy atom. The first-order chi connectivity index (χ1) is 19.9. The van der Waals surface area contributed by atoms with Crippen molar-refractivity contribution in [1.82, 2.24) is 5.01 Å². The molecular formula is C29H25ClN4O6S. The molecule has 0 spiro atoms. The topological polar surface area (TPSA) is 119 Å². The number of nitrogens with one attached hydrogen (secondary N) is 1. The van der Waals surface area contributed by atoms with Crippen molar-refractivity contribution < 1.29 is 28.2 Å². The maximum Gasteiger partial charge on any atom is 0.283 e. The quantitative estimate of drug-likeness (QED) is 0.168. The zero-order chi connectivity index (χ0) is 28.9. The summed E-state index contributed by atoms with van der Waals surface area (Å²) >= 11 is 7.70. The number of hydrogen-bond acceptors (Lipinski definition) is 9. The zero-order valence-electron chi connectivity index (χ0n) is 22.2. The summed E-state index contributed by atoms with van der Waals surface area (Å²) in [6, 6.07) is 12.4. The number of carbonyl (C=O) groups excluding carboxylic acids is 1. The number of hydrogen-bond donors (Lipinski definition) is 1. The number of allylic oxidation sites excluding steroid dienone is 1. The van der Waals surface area contributed by atoms with E-state index in [4.69, 9.17) is 40.4 Å². The van der Waals surface area contributed by atoms with Crippen LogP contribution in [0.3, 0.4) is 0 Å². The van der Waals surface area contributed by atoms with Gasteiger partial charge in [-0.05, 0) is 71.8 Å². The fraction of sp³-hybridized carbons (Fsp3) is 0.172. The van der Waals surface area contributed by atoms with Crippen LogP contribution in [-0.2, 0) is 11.2 Å². The summed E-state index contributed by atoms with van der Waals surface area (Å²) < 4.78 is 28.0. The number of thioether (sulfide) groups is 1. The van der Waals surface area contributed by atoms with Crippen molar-refractivity contribution in [1.29, 1.82) is 5.41 Å². The molecule has 0 fully saturated rings. The van der Waals surface area contributed by atoms with E-state index in [0.29, 0.717) is 39.4 Å². The largest absolute Gasteiger partial charge is 0.493 e. The molecule has 210 valence electrons. The van der Waals surface area contributed by atoms with Crippen LogP contribution in [0.5, 0.6) is 23.0 Å². The number of aliphatic imine (C=N–C) groups is 1. The van der Waals surface area contributed by atoms with Crippen LogP contribution in [0.15, 0.2) is 81.5 Å². The van der Waals surface area contributed by atoms with E-state index in [1.807, 2.05) is 24.3 Å². The van der Waals surface area contributed by atoms with Crippen molar-refractivity contribution in [3.63, 3.8) is 0 Å². The van der Waals surface area contributed by atoms with Gasteiger partial charge in [0.1, 0.15) is 13.2 Å². The molecule has 1 amide bonds. The van der Waals surface area contributed by atoms with Crippen molar-refractivity contribution in [2.75, 3.05) is 27.4 Å². The molecule has 0 aliphatic carbocycles. The van der Waals surface area contributed by atoms with Gasteiger partial charge in [0.2, 0.25) is 5.17 Å². The molecule has 0 unspecified atom stereocenters. The number of rotatable bonds is 11. The molecule has 1 N–H and O–H groups in total. The van der Waals surface area contributed by atoms with E-state index in [1.165, 1.54) is 24.5 Å². The van der Waals surface area contributed by atoms with Crippen LogP contribution < -0.4 is 18.9 Å². The maximum atomic E-state index is 12.8. The van der Waals surface area contributed by atoms with Gasteiger partial charge in [-0.2, -0.15) is 15.1 Å². The summed E-state index contributed by atoms with van der Waals surface area (Å²) in [5.74, 6) is 1.72. The zero-order valence-corrected chi connectivity index (χ0v) is 23.8. The molecule has 5 rings (SSSR count). The number of halogens is 1. The van der Waals surface area contributed by atoms with Crippen LogP contribution in [0.2, 0.25) is 5.02 Å². The minimum Gasteiger partial charge on any atom is -0.493 e. The van der Waals surface area contributed by atoms with E-state index >= 15 is 0 Å². The second kappa shape index (κ2) is 12.4. The van der Waals surface area contributed by atoms with Gasteiger partial charge in [0.05, 0.1) is 31.1 Å². The van der Waals surface area contributed by atoms with Crippen molar-refractivity contribution >= 4 is 51.4 Å². The lowest BCUT2D eigenvalue weighted by Gasteiger charge is -2.20. The Hall–Kier alpha value is -4.48. The molecule has 0 atom stereocenters. The van der Waals surface area contributed by atoms with Crippen molar-refractivity contribution in [2.24, 2.45) is 10.1 Å². The highest BCUT2D eigenvalue weighted by atomic mass is 35.5. The minimum atomic E-state index is -0.565. The molecular weight excluding hydrogens is 568 g/mol. The van der Waals surface area contributed by atoms with E-state index < -0.39 is 5.91 Å². The molecule has 2 aromatic carbocycles. The van der Waals surface area contributed by atoms with Gasteiger partial charge in [-0.1, -0.05) is 23.7 Å². The van der Waals surface area contributed by atoms with Gasteiger partial charge in [0.25, 0.3) is 5.91 Å². The fourth-order valence-corrected chi connectivity index (χ4v) is 5.17. The number of carbonyl (C=O) groups is 1. The summed E-state index contributed by atoms with van der Waals surface area (Å²) in [6.45, 7) is 4.16. The molecule has 1 aromatic heterocycles. The first-order valence-electron chi connectivity index (χ1n) is 12.4. The van der Waals surface area contributed by atoms with Gasteiger partial charge in [-0.3, -0.25) is 10.2 Å². The van der Waals surface area contributed by atoms with E-state index in [9.17, 15) is 4.79 Å². The second-order valence-electron chi connectivity index (χ2n) is 8.61. The van der Waals surface area contributed by atoms with Crippen molar-refractivity contribution in [3.05, 3.63) is 88.9 Å². The summed E-state index contributed by atoms with van der Waals surface area (Å²) in [7, 11) is 3.07. The molecule has 0 saturated carbocycles. The Balaban J connectivity index is 1.28. The van der Waals surface area contributed by atoms with Gasteiger partial charge < -0.3 is 23.4 Å². The van der Waals surface area contributed by atoms with Gasteiger partial charge in [-0.25, -0.2) is 0 Å². The summed E-state index contributed by atoms with van der Waals surface area (Å²) in [4.78, 5) is 16.9. The normalized spacial score (nSPS) is 15.4. The minimum absolute atomic E-state index is 0.0482. The lowest BCUT2D eigenvalue weighted by molar-refractivity contribution is -0.114. The molecule has 0 saturated heterocycles. The number of furan rings is 1. The molecule has 3 aromatic rings. The third kappa shape index (κ3) is 6.01. The third-order valence-corrected chi connectivity index (χ3v) is 7.15. The van der Waals surface area contributed by atoms with Crippen LogP contribution >= 0.6 is 23.4 Å². The summed E-state index contributed by atoms with van der Waals surface area (Å²) in [6.07, 6.45) is 5.59. The first-order valence-corrected chi connectivity index (χ1v) is 13.6. The number of fused-ring (bicyclic) bond motifs is 1. The van der Waals surface area contributed by atoms with E-state index in [1.54, 1.807) is 31.4 Å². The number of nitrogens with zero attached hydrogens (tertiary/aromatic N) is 3. The highest BCUT2D eigenvalue weighted by Crippen LogP contribution is 2.38. The number of amidine groups is 2. The number of hydrazone groups is 1. The SMILES string of the molecule is C=CCc1ccc(OCCOc2c(Cl)cc(/C=C3/C(=N)N4N=C(c5ccco5)SC4=NC3=O)cc2OC)c(OC)c1. The Morgan fingerprint density at radius 3 is 2.63 bits per heavy atom. The predicted molar refractivity (Wildman–Crippen MR) is 159 cm³/mol. The van der Waals surface area contributed by atoms with Gasteiger partial charge in [0.15, 0.2) is 39.6 Å². The Morgan fingerprint density at radius 2 is 1.90 bits per heavy atom. The van der Waals surface area contributed by atoms with E-state index in [0.717, 1.165) is 23.7 Å². The number of amides is 1. The smallest absolute Gasteiger partial charge is 0.283 e. The van der Waals surface area contributed by atoms with Crippen LogP contribution in [0, 0.1) is 5.41 Å². The molecule has 2 aliphatic rings. The summed E-state index contributed by atoms with van der Waals surface area (Å²) in [5.41, 5.74) is 1.63. The number of methoxy groups -OCH3 is 2. The lowest BCUT2D eigenvalue weighted by Crippen LogP contribution is -2.35. The second-order valence-corrected chi connectivity index (χ2v) is 9.97. The Kier molecular flexibility index (Phi) is 8.46. The van der Waals surface area contributed by atoms with Gasteiger partial charge >= 0.3 is 0 Å². The average molecular weight is 593 g/mol. The number of benzene rings is 2. The van der Waals surface area contributed by atoms with E-state index in [-0.39, 0.29) is 34.8 Å². The molecule has 0 radical (unpaired) electrons.